The van der Waals surface area contributed by atoms with Gasteiger partial charge < -0.3 is 9.84 Å². The summed E-state index contributed by atoms with van der Waals surface area (Å²) < 4.78 is 4.84. The Morgan fingerprint density at radius 3 is 2.78 bits per heavy atom. The number of thiophene rings is 1. The average molecular weight is 265 g/mol. The minimum Gasteiger partial charge on any atom is -0.384 e. The molecule has 0 unspecified atom stereocenters. The first kappa shape index (κ1) is 12.8. The lowest BCUT2D eigenvalue weighted by Gasteiger charge is -2.24. The average Bonchev–Trinajstić information content (AvgIpc) is 2.79. The van der Waals surface area contributed by atoms with E-state index >= 15 is 0 Å². The zero-order valence-electron chi connectivity index (χ0n) is 9.51. The van der Waals surface area contributed by atoms with Crippen LogP contribution in [-0.2, 0) is 20.9 Å². The molecular weight excluding hydrogens is 254 g/mol. The van der Waals surface area contributed by atoms with Crippen LogP contribution in [-0.4, -0.2) is 41.6 Å². The number of ether oxygens (including phenoxy) is 1. The van der Waals surface area contributed by atoms with Crippen molar-refractivity contribution in [2.45, 2.75) is 6.54 Å². The Kier molecular flexibility index (Phi) is 4.10. The van der Waals surface area contributed by atoms with Gasteiger partial charge in [-0.2, -0.15) is 0 Å². The highest BCUT2D eigenvalue weighted by molar-refractivity contribution is 7.10. The van der Waals surface area contributed by atoms with E-state index in [1.807, 2.05) is 5.38 Å². The molecule has 1 aliphatic rings. The van der Waals surface area contributed by atoms with E-state index in [4.69, 9.17) is 9.84 Å². The van der Waals surface area contributed by atoms with E-state index < -0.39 is 0 Å². The summed E-state index contributed by atoms with van der Waals surface area (Å²) in [5.41, 5.74) is 0.737. The fourth-order valence-corrected chi connectivity index (χ4v) is 2.37. The number of amides is 2. The second-order valence-electron chi connectivity index (χ2n) is 3.58. The molecule has 1 aliphatic heterocycles. The molecular formula is C12H11NO4S. The maximum Gasteiger partial charge on any atom is 0.255 e. The molecule has 1 fully saturated rings. The van der Waals surface area contributed by atoms with E-state index in [0.29, 0.717) is 0 Å². The molecule has 0 radical (unpaired) electrons. The van der Waals surface area contributed by atoms with Crippen LogP contribution in [0.25, 0.3) is 0 Å². The molecule has 2 amide bonds. The van der Waals surface area contributed by atoms with Gasteiger partial charge in [-0.05, 0) is 11.4 Å². The molecule has 2 heterocycles. The summed E-state index contributed by atoms with van der Waals surface area (Å²) in [6.07, 6.45) is 0. The third-order valence-corrected chi connectivity index (χ3v) is 3.31. The summed E-state index contributed by atoms with van der Waals surface area (Å²) in [7, 11) is 0. The van der Waals surface area contributed by atoms with Crippen LogP contribution in [0.1, 0.15) is 10.4 Å². The summed E-state index contributed by atoms with van der Waals surface area (Å²) in [6.45, 7) is -0.123. The van der Waals surface area contributed by atoms with Crippen molar-refractivity contribution in [3.8, 4) is 11.8 Å². The van der Waals surface area contributed by atoms with Gasteiger partial charge in [0.05, 0.1) is 6.54 Å². The van der Waals surface area contributed by atoms with Gasteiger partial charge in [-0.1, -0.05) is 11.8 Å². The van der Waals surface area contributed by atoms with Crippen LogP contribution in [0.3, 0.4) is 0 Å². The molecule has 18 heavy (non-hydrogen) atoms. The maximum atomic E-state index is 11.6. The monoisotopic (exact) mass is 265 g/mol. The highest BCUT2D eigenvalue weighted by Gasteiger charge is 2.27. The summed E-state index contributed by atoms with van der Waals surface area (Å²) in [6, 6.07) is 1.80. The van der Waals surface area contributed by atoms with Crippen LogP contribution in [0.4, 0.5) is 0 Å². The summed E-state index contributed by atoms with van der Waals surface area (Å²) >= 11 is 1.43. The molecule has 1 aromatic rings. The van der Waals surface area contributed by atoms with Gasteiger partial charge in [0.2, 0.25) is 0 Å². The molecule has 94 valence electrons. The fourth-order valence-electron chi connectivity index (χ4n) is 1.55. The number of carbonyl (C=O) groups excluding carboxylic acids is 2. The number of carbonyl (C=O) groups is 2. The van der Waals surface area contributed by atoms with Crippen molar-refractivity contribution >= 4 is 23.2 Å². The van der Waals surface area contributed by atoms with Gasteiger partial charge in [-0.3, -0.25) is 14.5 Å². The van der Waals surface area contributed by atoms with Crippen molar-refractivity contribution in [2.24, 2.45) is 0 Å². The second kappa shape index (κ2) is 5.78. The van der Waals surface area contributed by atoms with Crippen molar-refractivity contribution < 1.29 is 19.4 Å². The van der Waals surface area contributed by atoms with Crippen LogP contribution in [0.15, 0.2) is 11.4 Å². The third kappa shape index (κ3) is 2.76. The molecule has 0 aliphatic carbocycles. The van der Waals surface area contributed by atoms with Crippen LogP contribution >= 0.6 is 11.3 Å². The van der Waals surface area contributed by atoms with E-state index in [9.17, 15) is 9.59 Å². The van der Waals surface area contributed by atoms with E-state index in [0.717, 1.165) is 10.4 Å². The third-order valence-electron chi connectivity index (χ3n) is 2.40. The SMILES string of the molecule is O=C1COCC(=O)N1Cc1sccc1C#CCO. The Morgan fingerprint density at radius 2 is 2.11 bits per heavy atom. The van der Waals surface area contributed by atoms with Crippen molar-refractivity contribution in [2.75, 3.05) is 19.8 Å². The largest absolute Gasteiger partial charge is 0.384 e. The van der Waals surface area contributed by atoms with Gasteiger partial charge >= 0.3 is 0 Å². The fraction of sp³-hybridized carbons (Fsp3) is 0.333. The molecule has 1 saturated heterocycles. The normalized spacial score (nSPS) is 15.5. The summed E-state index contributed by atoms with van der Waals surface area (Å²) in [5.74, 6) is 4.68. The number of aliphatic hydroxyl groups excluding tert-OH is 1. The van der Waals surface area contributed by atoms with E-state index in [2.05, 4.69) is 11.8 Å². The first-order valence-electron chi connectivity index (χ1n) is 5.29. The van der Waals surface area contributed by atoms with Crippen LogP contribution in [0.5, 0.6) is 0 Å². The molecule has 1 N–H and O–H groups in total. The van der Waals surface area contributed by atoms with Gasteiger partial charge in [0.15, 0.2) is 0 Å². The molecule has 2 rings (SSSR count). The lowest BCUT2D eigenvalue weighted by molar-refractivity contribution is -0.159. The van der Waals surface area contributed by atoms with Crippen molar-refractivity contribution in [1.29, 1.82) is 0 Å². The number of nitrogens with zero attached hydrogens (tertiary/aromatic N) is 1. The molecule has 6 heteroatoms. The van der Waals surface area contributed by atoms with Gasteiger partial charge in [0, 0.05) is 10.4 Å². The number of hydrogen-bond acceptors (Lipinski definition) is 5. The van der Waals surface area contributed by atoms with Gasteiger partial charge in [0.1, 0.15) is 19.8 Å². The number of hydrogen-bond donors (Lipinski definition) is 1. The quantitative estimate of drug-likeness (QED) is 0.603. The number of aliphatic hydroxyl groups is 1. The van der Waals surface area contributed by atoms with Crippen LogP contribution in [0.2, 0.25) is 0 Å². The molecule has 5 nitrogen and oxygen atoms in total. The Balaban J connectivity index is 2.15. The van der Waals surface area contributed by atoms with Crippen molar-refractivity contribution in [1.82, 2.24) is 4.90 Å². The zero-order valence-corrected chi connectivity index (χ0v) is 10.3. The van der Waals surface area contributed by atoms with Gasteiger partial charge in [0.25, 0.3) is 11.8 Å². The molecule has 0 aromatic carbocycles. The number of imide groups is 1. The minimum absolute atomic E-state index is 0.0607. The van der Waals surface area contributed by atoms with Gasteiger partial charge in [-0.15, -0.1) is 11.3 Å². The lowest BCUT2D eigenvalue weighted by Crippen LogP contribution is -2.45. The van der Waals surface area contributed by atoms with Crippen molar-refractivity contribution in [3.63, 3.8) is 0 Å². The standard InChI is InChI=1S/C12H11NO4S/c14-4-1-2-9-3-5-18-10(9)6-13-11(15)7-17-8-12(13)16/h3,5,14H,4,6-8H2. The lowest BCUT2D eigenvalue weighted by atomic mass is 10.2. The maximum absolute atomic E-state index is 11.6. The molecule has 0 saturated carbocycles. The smallest absolute Gasteiger partial charge is 0.255 e. The Bertz CT molecular complexity index is 510. The molecule has 0 atom stereocenters. The van der Waals surface area contributed by atoms with E-state index in [-0.39, 0.29) is 38.2 Å². The highest BCUT2D eigenvalue weighted by atomic mass is 32.1. The summed E-state index contributed by atoms with van der Waals surface area (Å²) in [5, 5.41) is 10.5. The Hall–Kier alpha value is -1.68. The Morgan fingerprint density at radius 1 is 1.39 bits per heavy atom. The first-order valence-corrected chi connectivity index (χ1v) is 6.17. The number of morpholine rings is 1. The second-order valence-corrected chi connectivity index (χ2v) is 4.58. The first-order chi connectivity index (χ1) is 8.72. The van der Waals surface area contributed by atoms with Crippen LogP contribution < -0.4 is 0 Å². The van der Waals surface area contributed by atoms with Crippen molar-refractivity contribution in [3.05, 3.63) is 21.9 Å². The zero-order chi connectivity index (χ0) is 13.0. The minimum atomic E-state index is -0.333. The predicted molar refractivity (Wildman–Crippen MR) is 64.7 cm³/mol. The van der Waals surface area contributed by atoms with E-state index in [1.165, 1.54) is 16.2 Å². The highest BCUT2D eigenvalue weighted by Crippen LogP contribution is 2.19. The summed E-state index contributed by atoms with van der Waals surface area (Å²) in [4.78, 5) is 25.1. The predicted octanol–water partition coefficient (Wildman–Crippen LogP) is -0.0227. The van der Waals surface area contributed by atoms with Gasteiger partial charge in [-0.25, -0.2) is 0 Å². The van der Waals surface area contributed by atoms with Crippen LogP contribution in [0, 0.1) is 11.8 Å². The Labute approximate surface area is 108 Å². The van der Waals surface area contributed by atoms with E-state index in [1.54, 1.807) is 6.07 Å². The molecule has 1 aromatic heterocycles. The topological polar surface area (TPSA) is 66.8 Å². The molecule has 0 spiro atoms. The number of rotatable bonds is 2. The molecule has 0 bridgehead atoms.